The maximum absolute atomic E-state index is 15.1. The molecule has 0 aliphatic rings. The first-order valence-electron chi connectivity index (χ1n) is 16.1. The minimum absolute atomic E-state index is 0.168. The van der Waals surface area contributed by atoms with E-state index in [9.17, 15) is 63.2 Å². The number of nitrogens with zero attached hydrogens (tertiary/aromatic N) is 4. The largest absolute Gasteiger partial charge is 0.419 e. The van der Waals surface area contributed by atoms with Crippen molar-refractivity contribution in [3.05, 3.63) is 115 Å². The van der Waals surface area contributed by atoms with Gasteiger partial charge >= 0.3 is 12.4 Å². The number of thiophene rings is 5. The standard InChI is InChI=1S/C39H9F13N4S5/c1-12-25(33(44)30(41)15(10-55)29(12)40)13(8-53)27(38(47,48)49)19-4-2-17(57-19)21-6-23-36(60-21)37-24(59-23)7-22(61-37)18-3-5-20(58-18)28(39(50,51)52)14(9-54)26-34(45)31(42)16(11-56)32(43)35(26)46/h2-7H,1H3/b27-13-,28-14-. The van der Waals surface area contributed by atoms with Crippen LogP contribution in [-0.2, 0) is 0 Å². The van der Waals surface area contributed by atoms with Gasteiger partial charge < -0.3 is 0 Å². The first kappa shape index (κ1) is 43.1. The van der Waals surface area contributed by atoms with Crippen LogP contribution >= 0.6 is 56.7 Å². The van der Waals surface area contributed by atoms with Gasteiger partial charge in [-0.25, -0.2) is 30.7 Å². The van der Waals surface area contributed by atoms with Crippen LogP contribution in [0.4, 0.5) is 57.1 Å². The number of alkyl halides is 6. The molecule has 5 aromatic heterocycles. The molecule has 5 heterocycles. The lowest BCUT2D eigenvalue weighted by molar-refractivity contribution is -0.0691. The Hall–Kier alpha value is -6.01. The summed E-state index contributed by atoms with van der Waals surface area (Å²) >= 11 is 4.38. The maximum Gasteiger partial charge on any atom is 0.419 e. The Kier molecular flexibility index (Phi) is 10.9. The summed E-state index contributed by atoms with van der Waals surface area (Å²) in [5, 5.41) is 37.3. The molecule has 4 nitrogen and oxygen atoms in total. The number of halogens is 13. The molecule has 0 fully saturated rings. The molecule has 7 rings (SSSR count). The molecule has 61 heavy (non-hydrogen) atoms. The Morgan fingerprint density at radius 2 is 0.852 bits per heavy atom. The van der Waals surface area contributed by atoms with Crippen molar-refractivity contribution in [2.24, 2.45) is 0 Å². The molecule has 0 aliphatic carbocycles. The fourth-order valence-electron chi connectivity index (χ4n) is 6.19. The van der Waals surface area contributed by atoms with E-state index < -0.39 is 113 Å². The highest BCUT2D eigenvalue weighted by atomic mass is 32.1. The highest BCUT2D eigenvalue weighted by Crippen LogP contribution is 2.52. The summed E-state index contributed by atoms with van der Waals surface area (Å²) in [7, 11) is 0. The van der Waals surface area contributed by atoms with E-state index in [-0.39, 0.29) is 9.75 Å². The third kappa shape index (κ3) is 7.04. The molecule has 0 amide bonds. The summed E-state index contributed by atoms with van der Waals surface area (Å²) in [6, 6.07) is 11.8. The Bertz CT molecular complexity index is 3000. The zero-order chi connectivity index (χ0) is 44.6. The zero-order valence-corrected chi connectivity index (χ0v) is 33.3. The predicted molar refractivity (Wildman–Crippen MR) is 205 cm³/mol. The normalized spacial score (nSPS) is 12.9. The van der Waals surface area contributed by atoms with Gasteiger partial charge in [-0.2, -0.15) is 47.4 Å². The Labute approximate surface area is 352 Å². The molecule has 306 valence electrons. The van der Waals surface area contributed by atoms with E-state index in [1.165, 1.54) is 29.5 Å². The van der Waals surface area contributed by atoms with Gasteiger partial charge in [0, 0.05) is 44.2 Å². The molecule has 0 N–H and O–H groups in total. The van der Waals surface area contributed by atoms with E-state index in [0.717, 1.165) is 59.9 Å². The van der Waals surface area contributed by atoms with Gasteiger partial charge in [-0.15, -0.1) is 56.7 Å². The quantitative estimate of drug-likeness (QED) is 0.0942. The van der Waals surface area contributed by atoms with Crippen molar-refractivity contribution in [1.29, 1.82) is 21.0 Å². The molecule has 0 saturated heterocycles. The molecule has 22 heteroatoms. The summed E-state index contributed by atoms with van der Waals surface area (Å²) < 4.78 is 193. The maximum atomic E-state index is 15.1. The number of rotatable bonds is 6. The van der Waals surface area contributed by atoms with Crippen LogP contribution in [-0.4, -0.2) is 12.4 Å². The van der Waals surface area contributed by atoms with E-state index in [4.69, 9.17) is 10.5 Å². The molecule has 0 spiro atoms. The van der Waals surface area contributed by atoms with E-state index in [2.05, 4.69) is 0 Å². The second-order valence-electron chi connectivity index (χ2n) is 12.3. The van der Waals surface area contributed by atoms with Gasteiger partial charge in [0.1, 0.15) is 41.2 Å². The van der Waals surface area contributed by atoms with E-state index in [1.807, 2.05) is 0 Å². The number of hydrogen-bond acceptors (Lipinski definition) is 9. The van der Waals surface area contributed by atoms with Crippen molar-refractivity contribution in [2.75, 3.05) is 0 Å². The fourth-order valence-corrected chi connectivity index (χ4v) is 12.5. The van der Waals surface area contributed by atoms with Crippen LogP contribution in [0.3, 0.4) is 0 Å². The molecule has 2 aromatic carbocycles. The molecule has 0 bridgehead atoms. The van der Waals surface area contributed by atoms with Gasteiger partial charge in [0.05, 0.1) is 37.3 Å². The van der Waals surface area contributed by atoms with Crippen molar-refractivity contribution in [3.63, 3.8) is 0 Å². The molecule has 0 radical (unpaired) electrons. The fraction of sp³-hybridized carbons (Fsp3) is 0.0769. The molecular weight excluding hydrogens is 932 g/mol. The SMILES string of the molecule is Cc1c(F)c(C#N)c(F)c(F)c1/C(C#N)=C(/c1ccc(-c2cc3sc4cc(-c5ccc(/C(=C(\C#N)c6c(F)c(F)c(C#N)c(F)c6F)C(F)(F)F)s5)sc4c3s2)s1)C(F)(F)F. The van der Waals surface area contributed by atoms with Crippen LogP contribution in [0.2, 0.25) is 0 Å². The molecular formula is C39H9F13N4S5. The van der Waals surface area contributed by atoms with Gasteiger partial charge in [0.15, 0.2) is 34.9 Å². The van der Waals surface area contributed by atoms with Crippen LogP contribution in [0.1, 0.15) is 37.6 Å². The lowest BCUT2D eigenvalue weighted by Crippen LogP contribution is -2.14. The third-order valence-corrected chi connectivity index (χ3v) is 15.2. The van der Waals surface area contributed by atoms with Gasteiger partial charge in [-0.1, -0.05) is 0 Å². The molecule has 7 aromatic rings. The van der Waals surface area contributed by atoms with Crippen molar-refractivity contribution in [1.82, 2.24) is 0 Å². The second kappa shape index (κ2) is 15.5. The van der Waals surface area contributed by atoms with Gasteiger partial charge in [0.2, 0.25) is 0 Å². The number of fused-ring (bicyclic) bond motifs is 3. The molecule has 0 unspecified atom stereocenters. The van der Waals surface area contributed by atoms with Crippen LogP contribution in [0.15, 0.2) is 36.4 Å². The lowest BCUT2D eigenvalue weighted by atomic mass is 9.93. The van der Waals surface area contributed by atoms with Crippen molar-refractivity contribution in [2.45, 2.75) is 19.3 Å². The van der Waals surface area contributed by atoms with Crippen LogP contribution < -0.4 is 0 Å². The average Bonchev–Trinajstić information content (AvgIpc) is 4.04. The number of nitriles is 4. The number of benzene rings is 2. The summed E-state index contributed by atoms with van der Waals surface area (Å²) in [5.41, 5.74) is -14.1. The van der Waals surface area contributed by atoms with Gasteiger partial charge in [-0.3, -0.25) is 0 Å². The van der Waals surface area contributed by atoms with E-state index in [1.54, 1.807) is 12.1 Å². The first-order chi connectivity index (χ1) is 28.7. The molecule has 0 atom stereocenters. The predicted octanol–water partition coefficient (Wildman–Crippen LogP) is 14.7. The van der Waals surface area contributed by atoms with Crippen LogP contribution in [0.5, 0.6) is 0 Å². The van der Waals surface area contributed by atoms with Crippen molar-refractivity contribution >= 4 is 97.8 Å². The van der Waals surface area contributed by atoms with Crippen molar-refractivity contribution in [3.8, 4) is 43.8 Å². The minimum Gasteiger partial charge on any atom is -0.205 e. The van der Waals surface area contributed by atoms with E-state index in [0.29, 0.717) is 51.2 Å². The highest BCUT2D eigenvalue weighted by Gasteiger charge is 2.43. The average molecular weight is 941 g/mol. The van der Waals surface area contributed by atoms with Crippen LogP contribution in [0.25, 0.3) is 60.6 Å². The first-order valence-corrected chi connectivity index (χ1v) is 20.2. The number of hydrogen-bond donors (Lipinski definition) is 0. The Morgan fingerprint density at radius 1 is 0.475 bits per heavy atom. The Balaban J connectivity index is 1.29. The summed E-state index contributed by atoms with van der Waals surface area (Å²) in [6.07, 6.45) is -10.8. The summed E-state index contributed by atoms with van der Waals surface area (Å²) in [4.78, 5) is -0.159. The van der Waals surface area contributed by atoms with Gasteiger partial charge in [-0.05, 0) is 48.9 Å². The smallest absolute Gasteiger partial charge is 0.205 e. The number of allylic oxidation sites excluding steroid dienone is 4. The summed E-state index contributed by atoms with van der Waals surface area (Å²) in [5.74, 6) is -15.1. The second-order valence-corrected chi connectivity index (χ2v) is 17.7. The molecule has 0 saturated carbocycles. The lowest BCUT2D eigenvalue weighted by Gasteiger charge is -2.16. The zero-order valence-electron chi connectivity index (χ0n) is 29.2. The summed E-state index contributed by atoms with van der Waals surface area (Å²) in [6.45, 7) is 0.795. The van der Waals surface area contributed by atoms with E-state index >= 15 is 4.39 Å². The van der Waals surface area contributed by atoms with Gasteiger partial charge in [0.25, 0.3) is 0 Å². The minimum atomic E-state index is -5.49. The monoisotopic (exact) mass is 940 g/mol. The Morgan fingerprint density at radius 3 is 1.23 bits per heavy atom. The van der Waals surface area contributed by atoms with Crippen LogP contribution in [0, 0.1) is 93.0 Å². The third-order valence-electron chi connectivity index (χ3n) is 8.85. The van der Waals surface area contributed by atoms with Crippen molar-refractivity contribution < 1.29 is 57.1 Å². The highest BCUT2D eigenvalue weighted by molar-refractivity contribution is 7.41. The topological polar surface area (TPSA) is 95.2 Å². The molecule has 0 aliphatic heterocycles.